The maximum absolute atomic E-state index is 12.5. The number of hydrogen-bond donors (Lipinski definition) is 2. The lowest BCUT2D eigenvalue weighted by Gasteiger charge is -2.28. The molecule has 0 fully saturated rings. The van der Waals surface area contributed by atoms with E-state index in [9.17, 15) is 9.59 Å². The van der Waals surface area contributed by atoms with Gasteiger partial charge in [0.2, 0.25) is 5.91 Å². The Balaban J connectivity index is 1.45. The zero-order valence-corrected chi connectivity index (χ0v) is 18.8. The highest BCUT2D eigenvalue weighted by molar-refractivity contribution is 7.98. The molecule has 1 aliphatic carbocycles. The van der Waals surface area contributed by atoms with Crippen LogP contribution in [-0.4, -0.2) is 53.7 Å². The predicted molar refractivity (Wildman–Crippen MR) is 118 cm³/mol. The van der Waals surface area contributed by atoms with Crippen LogP contribution in [0.25, 0.3) is 10.2 Å². The number of fused-ring (bicyclic) bond motifs is 3. The second-order valence-corrected chi connectivity index (χ2v) is 10.7. The average molecular weight is 423 g/mol. The molecule has 0 saturated carbocycles. The van der Waals surface area contributed by atoms with E-state index in [1.807, 2.05) is 14.1 Å². The van der Waals surface area contributed by atoms with E-state index < -0.39 is 0 Å². The van der Waals surface area contributed by atoms with Gasteiger partial charge in [-0.25, -0.2) is 4.98 Å². The number of H-pyrrole nitrogens is 1. The number of rotatable bonds is 9. The SMILES string of the molecule is CN(C)CC(C)(C)CNC(=O)CCSCc1nc2sc3c(c2c(=O)[nH]1)CCC3. The first kappa shape index (κ1) is 21.3. The van der Waals surface area contributed by atoms with Crippen molar-refractivity contribution in [1.29, 1.82) is 0 Å². The number of nitrogens with zero attached hydrogens (tertiary/aromatic N) is 2. The molecule has 8 heteroatoms. The number of aryl methyl sites for hydroxylation is 2. The number of hydrogen-bond acceptors (Lipinski definition) is 6. The zero-order chi connectivity index (χ0) is 20.3. The first-order chi connectivity index (χ1) is 13.2. The third-order valence-corrected chi connectivity index (χ3v) is 7.00. The number of thiophene rings is 1. The van der Waals surface area contributed by atoms with Crippen LogP contribution >= 0.6 is 23.1 Å². The van der Waals surface area contributed by atoms with Crippen LogP contribution in [0.15, 0.2) is 4.79 Å². The normalized spacial score (nSPS) is 14.0. The third-order valence-electron chi connectivity index (χ3n) is 4.84. The van der Waals surface area contributed by atoms with Gasteiger partial charge in [-0.15, -0.1) is 11.3 Å². The zero-order valence-electron chi connectivity index (χ0n) is 17.2. The molecule has 2 N–H and O–H groups in total. The molecule has 154 valence electrons. The Labute approximate surface area is 174 Å². The highest BCUT2D eigenvalue weighted by atomic mass is 32.2. The molecule has 1 amide bonds. The summed E-state index contributed by atoms with van der Waals surface area (Å²) in [6, 6.07) is 0. The van der Waals surface area contributed by atoms with Gasteiger partial charge in [-0.1, -0.05) is 13.8 Å². The van der Waals surface area contributed by atoms with Crippen LogP contribution in [0.2, 0.25) is 0 Å². The molecular weight excluding hydrogens is 392 g/mol. The highest BCUT2D eigenvalue weighted by Crippen LogP contribution is 2.34. The quantitative estimate of drug-likeness (QED) is 0.608. The van der Waals surface area contributed by atoms with Gasteiger partial charge in [0.25, 0.3) is 5.56 Å². The fourth-order valence-electron chi connectivity index (χ4n) is 3.79. The number of thioether (sulfide) groups is 1. The van der Waals surface area contributed by atoms with E-state index in [4.69, 9.17) is 0 Å². The number of aromatic amines is 1. The van der Waals surface area contributed by atoms with Gasteiger partial charge in [0.1, 0.15) is 10.7 Å². The standard InChI is InChI=1S/C20H30N4O2S2/c1-20(2,12-24(3)4)11-21-16(25)8-9-27-10-15-22-18(26)17-13-6-5-7-14(13)28-19(17)23-15/h5-12H2,1-4H3,(H,21,25)(H,22,23,26). The van der Waals surface area contributed by atoms with Crippen LogP contribution in [0.3, 0.4) is 0 Å². The number of nitrogens with one attached hydrogen (secondary N) is 2. The average Bonchev–Trinajstić information content (AvgIpc) is 3.16. The number of carbonyl (C=O) groups is 1. The summed E-state index contributed by atoms with van der Waals surface area (Å²) in [7, 11) is 4.08. The van der Waals surface area contributed by atoms with Crippen molar-refractivity contribution in [1.82, 2.24) is 20.2 Å². The van der Waals surface area contributed by atoms with Crippen molar-refractivity contribution in [3.8, 4) is 0 Å². The minimum Gasteiger partial charge on any atom is -0.355 e. The van der Waals surface area contributed by atoms with Crippen molar-refractivity contribution < 1.29 is 4.79 Å². The molecule has 0 atom stereocenters. The second kappa shape index (κ2) is 8.97. The summed E-state index contributed by atoms with van der Waals surface area (Å²) in [6.45, 7) is 5.90. The van der Waals surface area contributed by atoms with E-state index in [1.165, 1.54) is 10.4 Å². The molecule has 2 heterocycles. The maximum atomic E-state index is 12.5. The fourth-order valence-corrected chi connectivity index (χ4v) is 5.87. The van der Waals surface area contributed by atoms with Gasteiger partial charge >= 0.3 is 0 Å². The van der Waals surface area contributed by atoms with Gasteiger partial charge < -0.3 is 15.2 Å². The summed E-state index contributed by atoms with van der Waals surface area (Å²) >= 11 is 3.29. The minimum atomic E-state index is -0.0131. The van der Waals surface area contributed by atoms with Gasteiger partial charge in [0.05, 0.1) is 11.1 Å². The molecule has 1 aliphatic rings. The van der Waals surface area contributed by atoms with Crippen LogP contribution in [0.1, 0.15) is 43.0 Å². The van der Waals surface area contributed by atoms with Crippen molar-refractivity contribution in [2.24, 2.45) is 5.41 Å². The highest BCUT2D eigenvalue weighted by Gasteiger charge is 2.21. The minimum absolute atomic E-state index is 0.0131. The predicted octanol–water partition coefficient (Wildman–Crippen LogP) is 2.80. The number of carbonyl (C=O) groups excluding carboxylic acids is 1. The van der Waals surface area contributed by atoms with Gasteiger partial charge in [-0.3, -0.25) is 9.59 Å². The molecule has 0 radical (unpaired) electrons. The van der Waals surface area contributed by atoms with Crippen LogP contribution in [0, 0.1) is 5.41 Å². The molecule has 0 bridgehead atoms. The molecule has 28 heavy (non-hydrogen) atoms. The van der Waals surface area contributed by atoms with Gasteiger partial charge in [0, 0.05) is 30.1 Å². The smallest absolute Gasteiger partial charge is 0.259 e. The molecule has 2 aromatic rings. The van der Waals surface area contributed by atoms with E-state index in [2.05, 4.69) is 34.0 Å². The van der Waals surface area contributed by atoms with Gasteiger partial charge in [-0.05, 0) is 44.3 Å². The fraction of sp³-hybridized carbons (Fsp3) is 0.650. The van der Waals surface area contributed by atoms with Crippen molar-refractivity contribution in [2.45, 2.75) is 45.3 Å². The molecule has 2 aromatic heterocycles. The summed E-state index contributed by atoms with van der Waals surface area (Å²) in [5, 5.41) is 3.83. The molecule has 0 aromatic carbocycles. The summed E-state index contributed by atoms with van der Waals surface area (Å²) in [5.41, 5.74) is 1.24. The lowest BCUT2D eigenvalue weighted by Crippen LogP contribution is -2.40. The summed E-state index contributed by atoms with van der Waals surface area (Å²) in [4.78, 5) is 36.4. The van der Waals surface area contributed by atoms with Crippen LogP contribution in [0.5, 0.6) is 0 Å². The lowest BCUT2D eigenvalue weighted by molar-refractivity contribution is -0.121. The van der Waals surface area contributed by atoms with Crippen LogP contribution in [0.4, 0.5) is 0 Å². The van der Waals surface area contributed by atoms with E-state index in [0.29, 0.717) is 30.3 Å². The number of aromatic nitrogens is 2. The van der Waals surface area contributed by atoms with E-state index >= 15 is 0 Å². The third kappa shape index (κ3) is 5.36. The molecule has 0 spiro atoms. The van der Waals surface area contributed by atoms with Crippen molar-refractivity contribution >= 4 is 39.2 Å². The van der Waals surface area contributed by atoms with Crippen LogP contribution in [-0.2, 0) is 23.4 Å². The van der Waals surface area contributed by atoms with E-state index in [0.717, 1.165) is 36.0 Å². The van der Waals surface area contributed by atoms with Crippen LogP contribution < -0.4 is 10.9 Å². The maximum Gasteiger partial charge on any atom is 0.259 e. The molecular formula is C20H30N4O2S2. The van der Waals surface area contributed by atoms with Crippen molar-refractivity contribution in [3.63, 3.8) is 0 Å². The monoisotopic (exact) mass is 422 g/mol. The Morgan fingerprint density at radius 2 is 2.14 bits per heavy atom. The van der Waals surface area contributed by atoms with Gasteiger partial charge in [0.15, 0.2) is 0 Å². The largest absolute Gasteiger partial charge is 0.355 e. The van der Waals surface area contributed by atoms with Gasteiger partial charge in [-0.2, -0.15) is 11.8 Å². The Morgan fingerprint density at radius 1 is 1.36 bits per heavy atom. The van der Waals surface area contributed by atoms with Crippen molar-refractivity contribution in [2.75, 3.05) is 32.9 Å². The first-order valence-electron chi connectivity index (χ1n) is 9.78. The molecule has 6 nitrogen and oxygen atoms in total. The summed E-state index contributed by atoms with van der Waals surface area (Å²) in [6.07, 6.45) is 3.68. The van der Waals surface area contributed by atoms with E-state index in [1.54, 1.807) is 23.1 Å². The second-order valence-electron chi connectivity index (χ2n) is 8.53. The molecule has 3 rings (SSSR count). The Morgan fingerprint density at radius 3 is 2.89 bits per heavy atom. The molecule has 0 unspecified atom stereocenters. The summed E-state index contributed by atoms with van der Waals surface area (Å²) < 4.78 is 0. The Hall–Kier alpha value is -1.38. The Kier molecular flexibility index (Phi) is 6.83. The lowest BCUT2D eigenvalue weighted by atomic mass is 9.93. The number of amides is 1. The Bertz CT molecular complexity index is 901. The first-order valence-corrected chi connectivity index (χ1v) is 11.7. The topological polar surface area (TPSA) is 78.1 Å². The summed E-state index contributed by atoms with van der Waals surface area (Å²) in [5.74, 6) is 2.11. The van der Waals surface area contributed by atoms with E-state index in [-0.39, 0.29) is 16.9 Å². The molecule has 0 saturated heterocycles. The molecule has 0 aliphatic heterocycles. The van der Waals surface area contributed by atoms with Crippen molar-refractivity contribution in [3.05, 3.63) is 26.6 Å².